The number of benzene rings is 3. The predicted molar refractivity (Wildman–Crippen MR) is 107 cm³/mol. The van der Waals surface area contributed by atoms with Gasteiger partial charge in [-0.05, 0) is 36.8 Å². The van der Waals surface area contributed by atoms with Gasteiger partial charge in [-0.3, -0.25) is 0 Å². The zero-order chi connectivity index (χ0) is 19.2. The third kappa shape index (κ3) is 4.92. The van der Waals surface area contributed by atoms with Crippen molar-refractivity contribution in [2.24, 2.45) is 0 Å². The number of hydrogen-bond acceptors (Lipinski definition) is 3. The smallest absolute Gasteiger partial charge is 0.166 e. The van der Waals surface area contributed by atoms with Crippen molar-refractivity contribution in [2.45, 2.75) is 20.1 Å². The summed E-state index contributed by atoms with van der Waals surface area (Å²) in [7, 11) is 1.62. The lowest BCUT2D eigenvalue weighted by Crippen LogP contribution is -2.05. The fourth-order valence-corrected chi connectivity index (χ4v) is 2.97. The molecule has 3 aromatic rings. The van der Waals surface area contributed by atoms with Gasteiger partial charge >= 0.3 is 0 Å². The van der Waals surface area contributed by atoms with Crippen LogP contribution < -0.4 is 14.8 Å². The molecule has 0 radical (unpaired) electrons. The normalized spacial score (nSPS) is 10.5. The summed E-state index contributed by atoms with van der Waals surface area (Å²) >= 11 is 5.85. The molecule has 0 aliphatic rings. The lowest BCUT2D eigenvalue weighted by Gasteiger charge is -2.16. The maximum absolute atomic E-state index is 13.3. The molecule has 0 aromatic heterocycles. The van der Waals surface area contributed by atoms with Crippen LogP contribution in [-0.4, -0.2) is 7.11 Å². The standard InChI is InChI=1S/C22H21ClFNO2/c1-15-5-3-6-16(11-15)14-27-22-17(7-4-8-21(22)26-2)13-25-18-9-10-20(24)19(23)12-18/h3-12,25H,13-14H2,1-2H3. The molecule has 0 atom stereocenters. The lowest BCUT2D eigenvalue weighted by molar-refractivity contribution is 0.281. The summed E-state index contributed by atoms with van der Waals surface area (Å²) < 4.78 is 24.9. The van der Waals surface area contributed by atoms with Gasteiger partial charge in [-0.2, -0.15) is 0 Å². The third-order valence-corrected chi connectivity index (χ3v) is 4.44. The first-order chi connectivity index (χ1) is 13.1. The first-order valence-electron chi connectivity index (χ1n) is 8.60. The molecule has 1 N–H and O–H groups in total. The maximum Gasteiger partial charge on any atom is 0.166 e. The van der Waals surface area contributed by atoms with Gasteiger partial charge in [0, 0.05) is 17.8 Å². The molecule has 0 aliphatic carbocycles. The van der Waals surface area contributed by atoms with E-state index in [-0.39, 0.29) is 5.02 Å². The second kappa shape index (κ2) is 8.78. The summed E-state index contributed by atoms with van der Waals surface area (Å²) in [5.74, 6) is 0.909. The number of para-hydroxylation sites is 1. The highest BCUT2D eigenvalue weighted by atomic mass is 35.5. The van der Waals surface area contributed by atoms with Gasteiger partial charge in [0.15, 0.2) is 11.5 Å². The van der Waals surface area contributed by atoms with E-state index in [2.05, 4.69) is 24.4 Å². The van der Waals surface area contributed by atoms with Crippen molar-refractivity contribution in [3.8, 4) is 11.5 Å². The Bertz CT molecular complexity index is 930. The van der Waals surface area contributed by atoms with Gasteiger partial charge in [-0.1, -0.05) is 53.6 Å². The van der Waals surface area contributed by atoms with Crippen LogP contribution in [0.15, 0.2) is 60.7 Å². The Balaban J connectivity index is 1.77. The maximum atomic E-state index is 13.3. The lowest BCUT2D eigenvalue weighted by atomic mass is 10.1. The Morgan fingerprint density at radius 1 is 1.04 bits per heavy atom. The molecule has 3 aromatic carbocycles. The van der Waals surface area contributed by atoms with Crippen molar-refractivity contribution in [3.63, 3.8) is 0 Å². The predicted octanol–water partition coefficient (Wildman–Crippen LogP) is 5.99. The van der Waals surface area contributed by atoms with E-state index in [4.69, 9.17) is 21.1 Å². The first kappa shape index (κ1) is 19.1. The Morgan fingerprint density at radius 2 is 1.85 bits per heavy atom. The highest BCUT2D eigenvalue weighted by Gasteiger charge is 2.11. The van der Waals surface area contributed by atoms with Gasteiger partial charge in [0.1, 0.15) is 12.4 Å². The van der Waals surface area contributed by atoms with E-state index in [1.807, 2.05) is 30.3 Å². The van der Waals surface area contributed by atoms with Crippen molar-refractivity contribution < 1.29 is 13.9 Å². The van der Waals surface area contributed by atoms with Crippen molar-refractivity contribution >= 4 is 17.3 Å². The number of aryl methyl sites for hydroxylation is 1. The SMILES string of the molecule is COc1cccc(CNc2ccc(F)c(Cl)c2)c1OCc1cccc(C)c1. The van der Waals surface area contributed by atoms with Crippen LogP contribution in [0.5, 0.6) is 11.5 Å². The molecule has 0 fully saturated rings. The minimum atomic E-state index is -0.439. The molecular formula is C22H21ClFNO2. The minimum absolute atomic E-state index is 0.0848. The topological polar surface area (TPSA) is 30.5 Å². The van der Waals surface area contributed by atoms with E-state index < -0.39 is 5.82 Å². The summed E-state index contributed by atoms with van der Waals surface area (Å²) in [6.07, 6.45) is 0. The average Bonchev–Trinajstić information content (AvgIpc) is 2.67. The van der Waals surface area contributed by atoms with Crippen LogP contribution >= 0.6 is 11.6 Å². The number of hydrogen-bond donors (Lipinski definition) is 1. The van der Waals surface area contributed by atoms with Crippen molar-refractivity contribution in [1.29, 1.82) is 0 Å². The molecule has 0 aliphatic heterocycles. The molecule has 3 rings (SSSR count). The van der Waals surface area contributed by atoms with Gasteiger partial charge in [0.2, 0.25) is 0 Å². The van der Waals surface area contributed by atoms with Crippen LogP contribution in [0.2, 0.25) is 5.02 Å². The van der Waals surface area contributed by atoms with Crippen LogP contribution in [0, 0.1) is 12.7 Å². The molecular weight excluding hydrogens is 365 g/mol. The Morgan fingerprint density at radius 3 is 2.59 bits per heavy atom. The van der Waals surface area contributed by atoms with Crippen LogP contribution in [0.25, 0.3) is 0 Å². The van der Waals surface area contributed by atoms with Gasteiger partial charge in [-0.25, -0.2) is 4.39 Å². The molecule has 140 valence electrons. The molecule has 27 heavy (non-hydrogen) atoms. The van der Waals surface area contributed by atoms with Crippen LogP contribution in [-0.2, 0) is 13.2 Å². The van der Waals surface area contributed by atoms with E-state index in [9.17, 15) is 4.39 Å². The Kier molecular flexibility index (Phi) is 6.20. The van der Waals surface area contributed by atoms with E-state index >= 15 is 0 Å². The van der Waals surface area contributed by atoms with Crippen LogP contribution in [0.4, 0.5) is 10.1 Å². The zero-order valence-corrected chi connectivity index (χ0v) is 16.0. The second-order valence-corrected chi connectivity index (χ2v) is 6.62. The molecule has 0 amide bonds. The quantitative estimate of drug-likeness (QED) is 0.542. The van der Waals surface area contributed by atoms with Gasteiger partial charge in [0.05, 0.1) is 12.1 Å². The molecule has 0 saturated carbocycles. The average molecular weight is 386 g/mol. The highest BCUT2D eigenvalue weighted by Crippen LogP contribution is 2.32. The fraction of sp³-hybridized carbons (Fsp3) is 0.182. The summed E-state index contributed by atoms with van der Waals surface area (Å²) in [4.78, 5) is 0. The molecule has 0 unspecified atom stereocenters. The van der Waals surface area contributed by atoms with E-state index in [1.54, 1.807) is 19.2 Å². The van der Waals surface area contributed by atoms with Gasteiger partial charge in [0.25, 0.3) is 0 Å². The number of nitrogens with one attached hydrogen (secondary N) is 1. The fourth-order valence-electron chi connectivity index (χ4n) is 2.79. The highest BCUT2D eigenvalue weighted by molar-refractivity contribution is 6.31. The number of methoxy groups -OCH3 is 1. The summed E-state index contributed by atoms with van der Waals surface area (Å²) in [6, 6.07) is 18.5. The van der Waals surface area contributed by atoms with Gasteiger partial charge < -0.3 is 14.8 Å². The molecule has 3 nitrogen and oxygen atoms in total. The minimum Gasteiger partial charge on any atom is -0.493 e. The third-order valence-electron chi connectivity index (χ3n) is 4.15. The van der Waals surface area contributed by atoms with Gasteiger partial charge in [-0.15, -0.1) is 0 Å². The van der Waals surface area contributed by atoms with Crippen LogP contribution in [0.1, 0.15) is 16.7 Å². The number of anilines is 1. The van der Waals surface area contributed by atoms with Crippen LogP contribution in [0.3, 0.4) is 0 Å². The summed E-state index contributed by atoms with van der Waals surface area (Å²) in [6.45, 7) is 2.98. The summed E-state index contributed by atoms with van der Waals surface area (Å²) in [5.41, 5.74) is 3.94. The first-order valence-corrected chi connectivity index (χ1v) is 8.98. The van der Waals surface area contributed by atoms with E-state index in [1.165, 1.54) is 11.6 Å². The second-order valence-electron chi connectivity index (χ2n) is 6.21. The van der Waals surface area contributed by atoms with E-state index in [0.717, 1.165) is 16.8 Å². The zero-order valence-electron chi connectivity index (χ0n) is 15.3. The molecule has 0 heterocycles. The number of rotatable bonds is 7. The Hall–Kier alpha value is -2.72. The van der Waals surface area contributed by atoms with Crippen molar-refractivity contribution in [1.82, 2.24) is 0 Å². The number of ether oxygens (including phenoxy) is 2. The summed E-state index contributed by atoms with van der Waals surface area (Å²) in [5, 5.41) is 3.33. The van der Waals surface area contributed by atoms with Crippen molar-refractivity contribution in [2.75, 3.05) is 12.4 Å². The Labute approximate surface area is 163 Å². The molecule has 0 saturated heterocycles. The van der Waals surface area contributed by atoms with E-state index in [0.29, 0.717) is 24.7 Å². The largest absolute Gasteiger partial charge is 0.493 e. The molecule has 0 bridgehead atoms. The number of halogens is 2. The molecule has 0 spiro atoms. The van der Waals surface area contributed by atoms with Crippen molar-refractivity contribution in [3.05, 3.63) is 88.2 Å². The molecule has 5 heteroatoms. The monoisotopic (exact) mass is 385 g/mol.